The maximum Gasteiger partial charge on any atom is 0.224 e. The maximum absolute atomic E-state index is 4.44. The topological polar surface area (TPSA) is 53.9 Å². The fourth-order valence-electron chi connectivity index (χ4n) is 1.65. The molecule has 0 radical (unpaired) electrons. The summed E-state index contributed by atoms with van der Waals surface area (Å²) >= 11 is 0. The van der Waals surface area contributed by atoms with Crippen molar-refractivity contribution in [3.8, 4) is 0 Å². The van der Waals surface area contributed by atoms with Crippen molar-refractivity contribution in [3.05, 3.63) is 42.4 Å². The smallest absolute Gasteiger partial charge is 0.224 e. The standard InChI is InChI=1S/C13H17N5/c1-3-15-13-16-8-6-12(17-13)18(2)10-11-5-4-7-14-9-11/h4-9H,3,10H2,1-2H3,(H,15,16,17). The number of aromatic nitrogens is 3. The van der Waals surface area contributed by atoms with Crippen LogP contribution in [-0.4, -0.2) is 28.5 Å². The molecule has 5 heteroatoms. The van der Waals surface area contributed by atoms with E-state index in [1.165, 1.54) is 0 Å². The summed E-state index contributed by atoms with van der Waals surface area (Å²) in [6.45, 7) is 3.61. The minimum absolute atomic E-state index is 0.660. The molecule has 18 heavy (non-hydrogen) atoms. The molecule has 5 nitrogen and oxygen atoms in total. The lowest BCUT2D eigenvalue weighted by Gasteiger charge is -2.18. The summed E-state index contributed by atoms with van der Waals surface area (Å²) < 4.78 is 0. The third-order valence-electron chi connectivity index (χ3n) is 2.51. The summed E-state index contributed by atoms with van der Waals surface area (Å²) in [6.07, 6.45) is 5.40. The van der Waals surface area contributed by atoms with Gasteiger partial charge < -0.3 is 10.2 Å². The molecule has 2 aromatic rings. The molecule has 0 saturated heterocycles. The number of anilines is 2. The number of hydrogen-bond acceptors (Lipinski definition) is 5. The summed E-state index contributed by atoms with van der Waals surface area (Å²) in [7, 11) is 2.01. The number of nitrogens with one attached hydrogen (secondary N) is 1. The molecule has 0 amide bonds. The van der Waals surface area contributed by atoms with Gasteiger partial charge in [-0.15, -0.1) is 0 Å². The van der Waals surface area contributed by atoms with Gasteiger partial charge in [-0.2, -0.15) is 4.98 Å². The van der Waals surface area contributed by atoms with Crippen LogP contribution in [0.5, 0.6) is 0 Å². The Balaban J connectivity index is 2.08. The van der Waals surface area contributed by atoms with Crippen LogP contribution >= 0.6 is 0 Å². The molecule has 0 aromatic carbocycles. The quantitative estimate of drug-likeness (QED) is 0.869. The average Bonchev–Trinajstić information content (AvgIpc) is 2.40. The van der Waals surface area contributed by atoms with Crippen LogP contribution in [0.4, 0.5) is 11.8 Å². The van der Waals surface area contributed by atoms with Gasteiger partial charge >= 0.3 is 0 Å². The van der Waals surface area contributed by atoms with Gasteiger partial charge in [-0.3, -0.25) is 4.98 Å². The van der Waals surface area contributed by atoms with Crippen LogP contribution < -0.4 is 10.2 Å². The fraction of sp³-hybridized carbons (Fsp3) is 0.308. The zero-order valence-electron chi connectivity index (χ0n) is 10.7. The summed E-state index contributed by atoms with van der Waals surface area (Å²) in [5, 5.41) is 3.11. The third kappa shape index (κ3) is 3.16. The summed E-state index contributed by atoms with van der Waals surface area (Å²) in [5.74, 6) is 1.55. The molecule has 0 aliphatic carbocycles. The first kappa shape index (κ1) is 12.3. The van der Waals surface area contributed by atoms with E-state index in [1.807, 2.05) is 32.3 Å². The van der Waals surface area contributed by atoms with Crippen LogP contribution in [0, 0.1) is 0 Å². The monoisotopic (exact) mass is 243 g/mol. The Kier molecular flexibility index (Phi) is 4.06. The second kappa shape index (κ2) is 5.95. The first-order valence-electron chi connectivity index (χ1n) is 5.96. The molecule has 2 heterocycles. The van der Waals surface area contributed by atoms with Gasteiger partial charge in [0.05, 0.1) is 0 Å². The van der Waals surface area contributed by atoms with Crippen molar-refractivity contribution in [1.82, 2.24) is 15.0 Å². The van der Waals surface area contributed by atoms with Crippen LogP contribution in [0.1, 0.15) is 12.5 Å². The molecule has 0 spiro atoms. The number of rotatable bonds is 5. The Bertz CT molecular complexity index is 486. The van der Waals surface area contributed by atoms with Crippen molar-refractivity contribution < 1.29 is 0 Å². The zero-order valence-corrected chi connectivity index (χ0v) is 10.7. The second-order valence-electron chi connectivity index (χ2n) is 3.99. The van der Waals surface area contributed by atoms with Crippen molar-refractivity contribution in [2.45, 2.75) is 13.5 Å². The summed E-state index contributed by atoms with van der Waals surface area (Å²) in [5.41, 5.74) is 1.16. The van der Waals surface area contributed by atoms with E-state index < -0.39 is 0 Å². The lowest BCUT2D eigenvalue weighted by atomic mass is 10.3. The number of hydrogen-bond donors (Lipinski definition) is 1. The highest BCUT2D eigenvalue weighted by Gasteiger charge is 2.05. The molecule has 94 valence electrons. The summed E-state index contributed by atoms with van der Waals surface area (Å²) in [4.78, 5) is 14.8. The molecule has 2 rings (SSSR count). The van der Waals surface area contributed by atoms with Gasteiger partial charge in [0.15, 0.2) is 0 Å². The minimum atomic E-state index is 0.660. The second-order valence-corrected chi connectivity index (χ2v) is 3.99. The van der Waals surface area contributed by atoms with E-state index in [0.717, 1.165) is 24.5 Å². The van der Waals surface area contributed by atoms with Gasteiger partial charge in [0.1, 0.15) is 5.82 Å². The molecule has 0 bridgehead atoms. The van der Waals surface area contributed by atoms with E-state index in [1.54, 1.807) is 12.4 Å². The molecule has 0 aliphatic rings. The SMILES string of the molecule is CCNc1nccc(N(C)Cc2cccnc2)n1. The van der Waals surface area contributed by atoms with E-state index >= 15 is 0 Å². The van der Waals surface area contributed by atoms with Crippen molar-refractivity contribution in [3.63, 3.8) is 0 Å². The molecule has 0 aliphatic heterocycles. The summed E-state index contributed by atoms with van der Waals surface area (Å²) in [6, 6.07) is 5.89. The average molecular weight is 243 g/mol. The van der Waals surface area contributed by atoms with E-state index in [-0.39, 0.29) is 0 Å². The highest BCUT2D eigenvalue weighted by atomic mass is 15.2. The Morgan fingerprint density at radius 1 is 1.28 bits per heavy atom. The first-order valence-corrected chi connectivity index (χ1v) is 5.96. The fourth-order valence-corrected chi connectivity index (χ4v) is 1.65. The van der Waals surface area contributed by atoms with E-state index in [4.69, 9.17) is 0 Å². The third-order valence-corrected chi connectivity index (χ3v) is 2.51. The lowest BCUT2D eigenvalue weighted by Crippen LogP contribution is -2.18. The van der Waals surface area contributed by atoms with Crippen LogP contribution in [-0.2, 0) is 6.54 Å². The number of pyridine rings is 1. The zero-order chi connectivity index (χ0) is 12.8. The molecular weight excluding hydrogens is 226 g/mol. The maximum atomic E-state index is 4.44. The molecule has 1 N–H and O–H groups in total. The van der Waals surface area contributed by atoms with Crippen LogP contribution in [0.25, 0.3) is 0 Å². The Morgan fingerprint density at radius 3 is 2.89 bits per heavy atom. The van der Waals surface area contributed by atoms with Gasteiger partial charge in [-0.1, -0.05) is 6.07 Å². The number of nitrogens with zero attached hydrogens (tertiary/aromatic N) is 4. The van der Waals surface area contributed by atoms with Crippen molar-refractivity contribution in [2.75, 3.05) is 23.8 Å². The molecule has 0 atom stereocenters. The Labute approximate surface area is 107 Å². The van der Waals surface area contributed by atoms with Crippen LogP contribution in [0.15, 0.2) is 36.8 Å². The predicted molar refractivity (Wildman–Crippen MR) is 72.5 cm³/mol. The molecular formula is C13H17N5. The normalized spacial score (nSPS) is 10.1. The van der Waals surface area contributed by atoms with Crippen LogP contribution in [0.3, 0.4) is 0 Å². The van der Waals surface area contributed by atoms with Gasteiger partial charge in [0, 0.05) is 38.7 Å². The Hall–Kier alpha value is -2.17. The predicted octanol–water partition coefficient (Wildman–Crippen LogP) is 1.94. The van der Waals surface area contributed by atoms with Crippen molar-refractivity contribution in [2.24, 2.45) is 0 Å². The van der Waals surface area contributed by atoms with E-state index in [0.29, 0.717) is 5.95 Å². The molecule has 2 aromatic heterocycles. The van der Waals surface area contributed by atoms with Gasteiger partial charge in [-0.05, 0) is 24.6 Å². The molecule has 0 saturated carbocycles. The molecule has 0 fully saturated rings. The highest BCUT2D eigenvalue weighted by Crippen LogP contribution is 2.13. The molecule has 0 unspecified atom stereocenters. The highest BCUT2D eigenvalue weighted by molar-refractivity contribution is 5.42. The van der Waals surface area contributed by atoms with Crippen molar-refractivity contribution >= 4 is 11.8 Å². The van der Waals surface area contributed by atoms with Gasteiger partial charge in [0.2, 0.25) is 5.95 Å². The Morgan fingerprint density at radius 2 is 2.17 bits per heavy atom. The lowest BCUT2D eigenvalue weighted by molar-refractivity contribution is 0.884. The first-order chi connectivity index (χ1) is 8.79. The largest absolute Gasteiger partial charge is 0.355 e. The van der Waals surface area contributed by atoms with Crippen LogP contribution in [0.2, 0.25) is 0 Å². The van der Waals surface area contributed by atoms with E-state index in [9.17, 15) is 0 Å². The van der Waals surface area contributed by atoms with E-state index in [2.05, 4.69) is 31.2 Å². The van der Waals surface area contributed by atoms with Gasteiger partial charge in [-0.25, -0.2) is 4.98 Å². The van der Waals surface area contributed by atoms with Crippen molar-refractivity contribution in [1.29, 1.82) is 0 Å². The van der Waals surface area contributed by atoms with Gasteiger partial charge in [0.25, 0.3) is 0 Å². The minimum Gasteiger partial charge on any atom is -0.355 e.